The van der Waals surface area contributed by atoms with Crippen molar-refractivity contribution >= 4 is 0 Å². The molecule has 0 bridgehead atoms. The molecule has 1 aromatic heterocycles. The highest BCUT2D eigenvalue weighted by molar-refractivity contribution is 5.17. The minimum Gasteiger partial charge on any atom is -0.385 e. The van der Waals surface area contributed by atoms with Crippen LogP contribution in [0.1, 0.15) is 17.4 Å². The number of aromatic nitrogens is 2. The quantitative estimate of drug-likeness (QED) is 0.617. The van der Waals surface area contributed by atoms with E-state index < -0.39 is 6.10 Å². The Bertz CT molecular complexity index is 224. The van der Waals surface area contributed by atoms with Gasteiger partial charge >= 0.3 is 0 Å². The van der Waals surface area contributed by atoms with Crippen molar-refractivity contribution in [3.05, 3.63) is 17.5 Å². The average Bonchev–Trinajstić information content (AvgIpc) is 2.30. The van der Waals surface area contributed by atoms with Crippen molar-refractivity contribution in [2.45, 2.75) is 13.0 Å². The summed E-state index contributed by atoms with van der Waals surface area (Å²) in [5.74, 6) is 0. The van der Waals surface area contributed by atoms with Gasteiger partial charge in [0.1, 0.15) is 6.10 Å². The Morgan fingerprint density at radius 1 is 1.82 bits per heavy atom. The maximum atomic E-state index is 9.39. The zero-order chi connectivity index (χ0) is 8.43. The lowest BCUT2D eigenvalue weighted by Gasteiger charge is -2.08. The van der Waals surface area contributed by atoms with E-state index in [0.717, 1.165) is 11.3 Å². The molecule has 1 atom stereocenters. The first-order valence-electron chi connectivity index (χ1n) is 3.53. The zero-order valence-electron chi connectivity index (χ0n) is 6.78. The third-order valence-corrected chi connectivity index (χ3v) is 1.72. The lowest BCUT2D eigenvalue weighted by atomic mass is 10.2. The van der Waals surface area contributed by atoms with E-state index in [1.807, 2.05) is 6.92 Å². The van der Waals surface area contributed by atoms with E-state index in [1.165, 1.54) is 0 Å². The Morgan fingerprint density at radius 2 is 2.45 bits per heavy atom. The fourth-order valence-electron chi connectivity index (χ4n) is 1.15. The van der Waals surface area contributed by atoms with E-state index in [2.05, 4.69) is 5.10 Å². The maximum absolute atomic E-state index is 9.39. The number of rotatable bonds is 2. The number of aryl methyl sites for hydroxylation is 2. The molecule has 11 heavy (non-hydrogen) atoms. The summed E-state index contributed by atoms with van der Waals surface area (Å²) >= 11 is 0. The molecule has 62 valence electrons. The van der Waals surface area contributed by atoms with E-state index in [-0.39, 0.29) is 6.54 Å². The second-order valence-electron chi connectivity index (χ2n) is 2.59. The van der Waals surface area contributed by atoms with Crippen LogP contribution in [0.25, 0.3) is 0 Å². The van der Waals surface area contributed by atoms with E-state index >= 15 is 0 Å². The second-order valence-corrected chi connectivity index (χ2v) is 2.59. The molecule has 0 fully saturated rings. The van der Waals surface area contributed by atoms with Crippen LogP contribution in [0.3, 0.4) is 0 Å². The highest BCUT2D eigenvalue weighted by atomic mass is 16.3. The largest absolute Gasteiger partial charge is 0.385 e. The van der Waals surface area contributed by atoms with Crippen molar-refractivity contribution in [2.75, 3.05) is 6.54 Å². The SMILES string of the molecule is Cc1cnn(C)c1C(O)CN. The van der Waals surface area contributed by atoms with Gasteiger partial charge in [0.15, 0.2) is 0 Å². The Hall–Kier alpha value is -0.870. The van der Waals surface area contributed by atoms with Gasteiger partial charge < -0.3 is 10.8 Å². The number of aliphatic hydroxyl groups excluding tert-OH is 1. The highest BCUT2D eigenvalue weighted by Crippen LogP contribution is 2.14. The topological polar surface area (TPSA) is 64.1 Å². The summed E-state index contributed by atoms with van der Waals surface area (Å²) in [5, 5.41) is 13.4. The fourth-order valence-corrected chi connectivity index (χ4v) is 1.15. The van der Waals surface area contributed by atoms with Gasteiger partial charge in [0.25, 0.3) is 0 Å². The van der Waals surface area contributed by atoms with Gasteiger partial charge in [-0.25, -0.2) is 0 Å². The maximum Gasteiger partial charge on any atom is 0.108 e. The van der Waals surface area contributed by atoms with Crippen LogP contribution >= 0.6 is 0 Å². The first-order chi connectivity index (χ1) is 5.16. The number of hydrogen-bond acceptors (Lipinski definition) is 3. The lowest BCUT2D eigenvalue weighted by molar-refractivity contribution is 0.176. The van der Waals surface area contributed by atoms with Gasteiger partial charge in [0.2, 0.25) is 0 Å². The molecule has 0 radical (unpaired) electrons. The molecule has 0 aliphatic carbocycles. The molecule has 4 heteroatoms. The van der Waals surface area contributed by atoms with Crippen LogP contribution in [0.15, 0.2) is 6.20 Å². The summed E-state index contributed by atoms with van der Waals surface area (Å²) in [5.41, 5.74) is 7.09. The first-order valence-corrected chi connectivity index (χ1v) is 3.53. The molecule has 0 aliphatic heterocycles. The molecule has 1 rings (SSSR count). The van der Waals surface area contributed by atoms with Crippen molar-refractivity contribution in [2.24, 2.45) is 12.8 Å². The molecule has 0 saturated carbocycles. The summed E-state index contributed by atoms with van der Waals surface area (Å²) in [6.07, 6.45) is 1.12. The molecule has 0 spiro atoms. The van der Waals surface area contributed by atoms with E-state index in [9.17, 15) is 5.11 Å². The number of nitrogens with zero attached hydrogens (tertiary/aromatic N) is 2. The summed E-state index contributed by atoms with van der Waals surface area (Å²) in [6.45, 7) is 2.14. The van der Waals surface area contributed by atoms with Gasteiger partial charge in [-0.15, -0.1) is 0 Å². The van der Waals surface area contributed by atoms with Crippen LogP contribution in [0.5, 0.6) is 0 Å². The molecule has 3 N–H and O–H groups in total. The molecule has 0 amide bonds. The molecule has 0 saturated heterocycles. The lowest BCUT2D eigenvalue weighted by Crippen LogP contribution is -2.15. The zero-order valence-corrected chi connectivity index (χ0v) is 6.78. The normalized spacial score (nSPS) is 13.5. The Kier molecular flexibility index (Phi) is 2.26. The molecule has 1 aromatic rings. The van der Waals surface area contributed by atoms with Crippen molar-refractivity contribution in [1.82, 2.24) is 9.78 Å². The predicted octanol–water partition coefficient (Wildman–Crippen LogP) is -0.279. The summed E-state index contributed by atoms with van der Waals surface area (Å²) < 4.78 is 1.65. The fraction of sp³-hybridized carbons (Fsp3) is 0.571. The van der Waals surface area contributed by atoms with E-state index in [4.69, 9.17) is 5.73 Å². The molecule has 0 aliphatic rings. The summed E-state index contributed by atoms with van der Waals surface area (Å²) in [7, 11) is 1.79. The van der Waals surface area contributed by atoms with Gasteiger partial charge in [0.05, 0.1) is 11.9 Å². The monoisotopic (exact) mass is 155 g/mol. The van der Waals surface area contributed by atoms with Crippen LogP contribution in [0.2, 0.25) is 0 Å². The smallest absolute Gasteiger partial charge is 0.108 e. The summed E-state index contributed by atoms with van der Waals surface area (Å²) in [4.78, 5) is 0. The van der Waals surface area contributed by atoms with Crippen molar-refractivity contribution in [1.29, 1.82) is 0 Å². The Balaban J connectivity index is 3.00. The standard InChI is InChI=1S/C7H13N3O/c1-5-4-9-10(2)7(5)6(11)3-8/h4,6,11H,3,8H2,1-2H3. The van der Waals surface area contributed by atoms with E-state index in [0.29, 0.717) is 0 Å². The second kappa shape index (κ2) is 3.02. The Labute approximate surface area is 65.6 Å². The van der Waals surface area contributed by atoms with Crippen LogP contribution in [0, 0.1) is 6.92 Å². The molecular formula is C7H13N3O. The van der Waals surface area contributed by atoms with Gasteiger partial charge in [-0.3, -0.25) is 4.68 Å². The van der Waals surface area contributed by atoms with Crippen molar-refractivity contribution < 1.29 is 5.11 Å². The average molecular weight is 155 g/mol. The first kappa shape index (κ1) is 8.23. The predicted molar refractivity (Wildman–Crippen MR) is 42.0 cm³/mol. The van der Waals surface area contributed by atoms with Gasteiger partial charge in [-0.05, 0) is 12.5 Å². The third kappa shape index (κ3) is 1.41. The van der Waals surface area contributed by atoms with Crippen LogP contribution < -0.4 is 5.73 Å². The van der Waals surface area contributed by atoms with Crippen LogP contribution in [-0.2, 0) is 7.05 Å². The number of nitrogens with two attached hydrogens (primary N) is 1. The molecule has 1 heterocycles. The minimum atomic E-state index is -0.595. The summed E-state index contributed by atoms with van der Waals surface area (Å²) in [6, 6.07) is 0. The Morgan fingerprint density at radius 3 is 2.82 bits per heavy atom. The van der Waals surface area contributed by atoms with Gasteiger partial charge in [0, 0.05) is 13.6 Å². The molecular weight excluding hydrogens is 142 g/mol. The van der Waals surface area contributed by atoms with Crippen LogP contribution in [-0.4, -0.2) is 21.4 Å². The van der Waals surface area contributed by atoms with E-state index in [1.54, 1.807) is 17.9 Å². The van der Waals surface area contributed by atoms with Gasteiger partial charge in [-0.1, -0.05) is 0 Å². The minimum absolute atomic E-state index is 0.236. The highest BCUT2D eigenvalue weighted by Gasteiger charge is 2.12. The van der Waals surface area contributed by atoms with Crippen molar-refractivity contribution in [3.63, 3.8) is 0 Å². The molecule has 0 aromatic carbocycles. The molecule has 4 nitrogen and oxygen atoms in total. The van der Waals surface area contributed by atoms with Crippen molar-refractivity contribution in [3.8, 4) is 0 Å². The molecule has 1 unspecified atom stereocenters. The number of aliphatic hydroxyl groups is 1. The number of hydrogen-bond donors (Lipinski definition) is 2. The van der Waals surface area contributed by atoms with Crippen LogP contribution in [0.4, 0.5) is 0 Å². The third-order valence-electron chi connectivity index (χ3n) is 1.72. The van der Waals surface area contributed by atoms with Gasteiger partial charge in [-0.2, -0.15) is 5.10 Å².